The maximum atomic E-state index is 12.9. The number of fused-ring (bicyclic) bond motifs is 1. The summed E-state index contributed by atoms with van der Waals surface area (Å²) in [6.45, 7) is 2.81. The number of aliphatic carboxylic acids is 1. The maximum absolute atomic E-state index is 12.9. The lowest BCUT2D eigenvalue weighted by atomic mass is 10.0. The van der Waals surface area contributed by atoms with Gasteiger partial charge in [-0.2, -0.15) is 0 Å². The fourth-order valence-electron chi connectivity index (χ4n) is 5.25. The Hall–Kier alpha value is -5.97. The molecule has 1 heterocycles. The number of nitrogens with one attached hydrogen (secondary N) is 2. The highest BCUT2D eigenvalue weighted by atomic mass is 16.5. The van der Waals surface area contributed by atoms with E-state index in [1.165, 1.54) is 31.4 Å². The number of carboxylic acid groups (broad SMARTS) is 1. The Balaban J connectivity index is 1.08. The number of unbranched alkanes of at least 4 members (excludes halogenated alkanes) is 4. The molecule has 50 heavy (non-hydrogen) atoms. The van der Waals surface area contributed by atoms with Gasteiger partial charge in [-0.1, -0.05) is 62.0 Å². The van der Waals surface area contributed by atoms with Crippen LogP contribution in [0.25, 0.3) is 11.0 Å². The van der Waals surface area contributed by atoms with E-state index >= 15 is 0 Å². The van der Waals surface area contributed by atoms with Gasteiger partial charge in [0, 0.05) is 23.1 Å². The predicted octanol–water partition coefficient (Wildman–Crippen LogP) is 7.00. The Morgan fingerprint density at radius 3 is 2.20 bits per heavy atom. The first-order chi connectivity index (χ1) is 24.3. The fourth-order valence-corrected chi connectivity index (χ4v) is 5.25. The van der Waals surface area contributed by atoms with Gasteiger partial charge >= 0.3 is 11.9 Å². The summed E-state index contributed by atoms with van der Waals surface area (Å²) in [5, 5.41) is 19.8. The number of esters is 1. The number of rotatable bonds is 17. The zero-order valence-corrected chi connectivity index (χ0v) is 27.7. The Bertz CT molecular complexity index is 1900. The van der Waals surface area contributed by atoms with E-state index in [1.807, 2.05) is 18.2 Å². The summed E-state index contributed by atoms with van der Waals surface area (Å²) in [5.74, 6) is -1.65. The van der Waals surface area contributed by atoms with Gasteiger partial charge in [-0.15, -0.1) is 0 Å². The molecular formula is C39H39N3O8. The summed E-state index contributed by atoms with van der Waals surface area (Å²) in [6.07, 6.45) is 5.75. The van der Waals surface area contributed by atoms with Crippen LogP contribution < -0.4 is 20.1 Å². The van der Waals surface area contributed by atoms with Crippen molar-refractivity contribution in [3.63, 3.8) is 0 Å². The highest BCUT2D eigenvalue weighted by Crippen LogP contribution is 2.20. The minimum absolute atomic E-state index is 0.000234. The molecule has 11 nitrogen and oxygen atoms in total. The van der Waals surface area contributed by atoms with E-state index < -0.39 is 23.9 Å². The van der Waals surface area contributed by atoms with Crippen LogP contribution in [-0.4, -0.2) is 46.7 Å². The number of ether oxygens (including phenoxy) is 2. The summed E-state index contributed by atoms with van der Waals surface area (Å²) in [4.78, 5) is 50.2. The molecule has 5 rings (SSSR count). The summed E-state index contributed by atoms with van der Waals surface area (Å²) in [5.41, 5.74) is 2.78. The third-order valence-electron chi connectivity index (χ3n) is 7.99. The fraction of sp³-hybridized carbons (Fsp3) is 0.256. The minimum atomic E-state index is -1.22. The van der Waals surface area contributed by atoms with Crippen LogP contribution in [0.3, 0.4) is 0 Å². The van der Waals surface area contributed by atoms with E-state index in [0.717, 1.165) is 18.2 Å². The second kappa shape index (κ2) is 17.4. The van der Waals surface area contributed by atoms with Crippen LogP contribution in [0, 0.1) is 0 Å². The van der Waals surface area contributed by atoms with Crippen molar-refractivity contribution in [2.75, 3.05) is 11.9 Å². The lowest BCUT2D eigenvalue weighted by molar-refractivity contribution is -0.139. The van der Waals surface area contributed by atoms with Crippen molar-refractivity contribution in [2.45, 2.75) is 57.9 Å². The van der Waals surface area contributed by atoms with Crippen molar-refractivity contribution in [3.8, 4) is 11.5 Å². The molecule has 0 spiro atoms. The van der Waals surface area contributed by atoms with E-state index in [4.69, 9.17) is 14.0 Å². The molecule has 0 aliphatic carbocycles. The van der Waals surface area contributed by atoms with E-state index in [-0.39, 0.29) is 24.3 Å². The van der Waals surface area contributed by atoms with Crippen LogP contribution >= 0.6 is 0 Å². The van der Waals surface area contributed by atoms with E-state index in [2.05, 4.69) is 22.7 Å². The number of hydrogen-bond donors (Lipinski definition) is 3. The Morgan fingerprint density at radius 2 is 1.48 bits per heavy atom. The lowest BCUT2D eigenvalue weighted by Crippen LogP contribution is -2.42. The second-order valence-corrected chi connectivity index (χ2v) is 11.8. The molecule has 11 heteroatoms. The molecule has 0 saturated heterocycles. The van der Waals surface area contributed by atoms with Gasteiger partial charge in [-0.3, -0.25) is 9.59 Å². The molecule has 5 aromatic rings. The molecule has 1 atom stereocenters. The summed E-state index contributed by atoms with van der Waals surface area (Å²) in [6, 6.07) is 25.3. The van der Waals surface area contributed by atoms with Crippen LogP contribution in [-0.2, 0) is 22.4 Å². The van der Waals surface area contributed by atoms with Crippen LogP contribution in [0.4, 0.5) is 5.69 Å². The van der Waals surface area contributed by atoms with Gasteiger partial charge in [0.15, 0.2) is 5.58 Å². The van der Waals surface area contributed by atoms with Crippen LogP contribution in [0.5, 0.6) is 11.5 Å². The van der Waals surface area contributed by atoms with Crippen molar-refractivity contribution >= 4 is 40.4 Å². The monoisotopic (exact) mass is 677 g/mol. The lowest BCUT2D eigenvalue weighted by Gasteiger charge is -2.15. The number of aromatic nitrogens is 1. The first-order valence-corrected chi connectivity index (χ1v) is 16.6. The zero-order valence-electron chi connectivity index (χ0n) is 27.7. The normalized spacial score (nSPS) is 11.5. The van der Waals surface area contributed by atoms with Gasteiger partial charge in [0.2, 0.25) is 5.91 Å². The summed E-state index contributed by atoms with van der Waals surface area (Å²) >= 11 is 0. The standard InChI is InChI=1S/C39H39N3O8/c1-2-3-4-5-8-23-48-30-21-15-28(16-22-30)39(47)49-31-19-11-26(12-20-31)24-34(38(45)46)41-37(44)27-13-17-29(18-14-27)40-36(43)25-33-32-9-6-7-10-35(32)50-42-33/h6-7,9-22,34H,2-5,8,23-25H2,1H3,(H,40,43)(H,41,44)(H,45,46)/t34-/m0/s1. The van der Waals surface area contributed by atoms with Crippen molar-refractivity contribution in [1.82, 2.24) is 10.5 Å². The largest absolute Gasteiger partial charge is 0.494 e. The maximum Gasteiger partial charge on any atom is 0.343 e. The van der Waals surface area contributed by atoms with Crippen molar-refractivity contribution in [3.05, 3.63) is 119 Å². The number of carbonyl (C=O) groups excluding carboxylic acids is 3. The molecule has 1 aromatic heterocycles. The smallest absolute Gasteiger partial charge is 0.343 e. The number of amides is 2. The number of benzene rings is 4. The second-order valence-electron chi connectivity index (χ2n) is 11.8. The number of para-hydroxylation sites is 1. The zero-order chi connectivity index (χ0) is 35.3. The Kier molecular flexibility index (Phi) is 12.3. The molecule has 2 amide bonds. The minimum Gasteiger partial charge on any atom is -0.494 e. The van der Waals surface area contributed by atoms with Gasteiger partial charge < -0.3 is 29.7 Å². The number of hydrogen-bond acceptors (Lipinski definition) is 8. The number of carboxylic acids is 1. The predicted molar refractivity (Wildman–Crippen MR) is 187 cm³/mol. The van der Waals surface area contributed by atoms with Gasteiger partial charge in [-0.25, -0.2) is 9.59 Å². The van der Waals surface area contributed by atoms with Crippen molar-refractivity contribution in [1.29, 1.82) is 0 Å². The molecule has 4 aromatic carbocycles. The molecule has 0 fully saturated rings. The first-order valence-electron chi connectivity index (χ1n) is 16.6. The van der Waals surface area contributed by atoms with Gasteiger partial charge in [0.05, 0.1) is 18.6 Å². The van der Waals surface area contributed by atoms with E-state index in [9.17, 15) is 24.3 Å². The first kappa shape index (κ1) is 35.3. The molecule has 0 unspecified atom stereocenters. The van der Waals surface area contributed by atoms with Gasteiger partial charge in [0.1, 0.15) is 23.2 Å². The molecule has 0 bridgehead atoms. The summed E-state index contributed by atoms with van der Waals surface area (Å²) < 4.78 is 16.5. The third kappa shape index (κ3) is 10.0. The molecule has 3 N–H and O–H groups in total. The number of anilines is 1. The van der Waals surface area contributed by atoms with Crippen LogP contribution in [0.1, 0.15) is 71.0 Å². The molecule has 0 aliphatic rings. The van der Waals surface area contributed by atoms with Gasteiger partial charge in [-0.05, 0) is 84.8 Å². The summed E-state index contributed by atoms with van der Waals surface area (Å²) in [7, 11) is 0. The molecule has 258 valence electrons. The molecule has 0 saturated carbocycles. The van der Waals surface area contributed by atoms with Crippen LogP contribution in [0.2, 0.25) is 0 Å². The van der Waals surface area contributed by atoms with E-state index in [1.54, 1.807) is 66.7 Å². The highest BCUT2D eigenvalue weighted by molar-refractivity contribution is 5.98. The quantitative estimate of drug-likeness (QED) is 0.0535. The molecule has 0 radical (unpaired) electrons. The SMILES string of the molecule is CCCCCCCOc1ccc(C(=O)Oc2ccc(C[C@H](NC(=O)c3ccc(NC(=O)Cc4noc5ccccc45)cc3)C(=O)O)cc2)cc1. The number of nitrogens with zero attached hydrogens (tertiary/aromatic N) is 1. The average Bonchev–Trinajstić information content (AvgIpc) is 3.53. The average molecular weight is 678 g/mol. The molecule has 0 aliphatic heterocycles. The van der Waals surface area contributed by atoms with Crippen molar-refractivity contribution < 1.29 is 38.3 Å². The Morgan fingerprint density at radius 1 is 0.800 bits per heavy atom. The van der Waals surface area contributed by atoms with E-state index in [0.29, 0.717) is 46.2 Å². The molecular weight excluding hydrogens is 638 g/mol. The van der Waals surface area contributed by atoms with Gasteiger partial charge in [0.25, 0.3) is 5.91 Å². The third-order valence-corrected chi connectivity index (χ3v) is 7.99. The number of carbonyl (C=O) groups is 4. The highest BCUT2D eigenvalue weighted by Gasteiger charge is 2.22. The Labute approximate surface area is 289 Å². The van der Waals surface area contributed by atoms with Crippen LogP contribution in [0.15, 0.2) is 102 Å². The topological polar surface area (TPSA) is 157 Å². The van der Waals surface area contributed by atoms with Crippen molar-refractivity contribution in [2.24, 2.45) is 0 Å².